The monoisotopic (exact) mass is 731 g/mol. The number of hydrogen-bond acceptors (Lipinski definition) is 12. The van der Waals surface area contributed by atoms with Crippen molar-refractivity contribution in [3.05, 3.63) is 65.6 Å². The Morgan fingerprint density at radius 3 is 2.53 bits per heavy atom. The number of aliphatic carboxylic acids is 1. The number of aryl methyl sites for hydroxylation is 1. The van der Waals surface area contributed by atoms with Gasteiger partial charge in [-0.15, -0.1) is 10.2 Å². The topological polar surface area (TPSA) is 185 Å². The van der Waals surface area contributed by atoms with Crippen LogP contribution < -0.4 is 14.9 Å². The number of nitrogens with zero attached hydrogens (tertiary/aromatic N) is 7. The van der Waals surface area contributed by atoms with Crippen LogP contribution >= 0.6 is 11.3 Å². The lowest BCUT2D eigenvalue weighted by molar-refractivity contribution is -0.137. The normalized spacial score (nSPS) is 13.5. The molecule has 268 valence electrons. The molecule has 51 heavy (non-hydrogen) atoms. The number of nitrogens with one attached hydrogen (secondary N) is 2. The van der Waals surface area contributed by atoms with E-state index in [0.717, 1.165) is 40.9 Å². The summed E-state index contributed by atoms with van der Waals surface area (Å²) < 4.78 is 31.2. The highest BCUT2D eigenvalue weighted by atomic mass is 32.2. The number of carbonyl (C=O) groups is 2. The van der Waals surface area contributed by atoms with Crippen LogP contribution in [0.3, 0.4) is 0 Å². The van der Waals surface area contributed by atoms with Gasteiger partial charge < -0.3 is 15.3 Å². The Morgan fingerprint density at radius 1 is 1.00 bits per heavy atom. The first-order valence-corrected chi connectivity index (χ1v) is 19.5. The number of pyridine rings is 1. The first-order valence-electron chi connectivity index (χ1n) is 17.0. The van der Waals surface area contributed by atoms with E-state index >= 15 is 0 Å². The van der Waals surface area contributed by atoms with E-state index < -0.39 is 21.9 Å². The van der Waals surface area contributed by atoms with E-state index in [1.807, 2.05) is 48.9 Å². The highest BCUT2D eigenvalue weighted by Crippen LogP contribution is 2.33. The molecule has 14 nitrogen and oxygen atoms in total. The number of para-hydroxylation sites is 1. The number of unbranched alkanes of at least 4 members (excludes halogenated alkanes) is 2. The SMILES string of the molecule is Cc1cc(N(C)c2ccc(-c3cnn(CC4CCCC4)c3C)c(C(=O)NS(=O)(=O)CCCCCC(=O)O)n2)nnc1Nc1nc2ccccc2s1. The Labute approximate surface area is 300 Å². The number of carboxylic acid groups (broad SMARTS) is 1. The second kappa shape index (κ2) is 15.5. The molecule has 0 radical (unpaired) electrons. The molecular weight excluding hydrogens is 691 g/mol. The van der Waals surface area contributed by atoms with Gasteiger partial charge in [-0.25, -0.2) is 23.1 Å². The highest BCUT2D eigenvalue weighted by Gasteiger charge is 2.25. The third kappa shape index (κ3) is 8.68. The van der Waals surface area contributed by atoms with Crippen LogP contribution in [0.25, 0.3) is 21.3 Å². The van der Waals surface area contributed by atoms with Crippen LogP contribution in [-0.4, -0.2) is 68.1 Å². The van der Waals surface area contributed by atoms with Crippen molar-refractivity contribution in [3.8, 4) is 11.1 Å². The van der Waals surface area contributed by atoms with Crippen LogP contribution in [-0.2, 0) is 21.4 Å². The number of fused-ring (bicyclic) bond motifs is 1. The zero-order chi connectivity index (χ0) is 36.1. The molecule has 0 atom stereocenters. The molecule has 1 aliphatic rings. The Bertz CT molecular complexity index is 2130. The molecule has 1 aliphatic carbocycles. The number of sulfonamides is 1. The smallest absolute Gasteiger partial charge is 0.303 e. The first-order chi connectivity index (χ1) is 24.5. The van der Waals surface area contributed by atoms with Crippen molar-refractivity contribution in [2.24, 2.45) is 5.92 Å². The zero-order valence-electron chi connectivity index (χ0n) is 28.8. The lowest BCUT2D eigenvalue weighted by atomic mass is 10.0. The van der Waals surface area contributed by atoms with Crippen LogP contribution in [0.2, 0.25) is 0 Å². The largest absolute Gasteiger partial charge is 0.481 e. The minimum atomic E-state index is -4.03. The van der Waals surface area contributed by atoms with Gasteiger partial charge in [-0.1, -0.05) is 42.7 Å². The Hall–Kier alpha value is -4.96. The number of anilines is 4. The molecule has 1 amide bonds. The van der Waals surface area contributed by atoms with Gasteiger partial charge in [-0.05, 0) is 81.3 Å². The summed E-state index contributed by atoms with van der Waals surface area (Å²) in [5.74, 6) is -0.219. The molecular formula is C35H41N9O5S2. The fourth-order valence-electron chi connectivity index (χ4n) is 6.25. The van der Waals surface area contributed by atoms with Gasteiger partial charge >= 0.3 is 5.97 Å². The van der Waals surface area contributed by atoms with E-state index in [1.54, 1.807) is 30.3 Å². The van der Waals surface area contributed by atoms with E-state index in [2.05, 4.69) is 30.3 Å². The molecule has 0 saturated heterocycles. The molecule has 5 aromatic rings. The maximum atomic E-state index is 13.8. The fraction of sp³-hybridized carbons (Fsp3) is 0.400. The average Bonchev–Trinajstić information content (AvgIpc) is 3.85. The van der Waals surface area contributed by atoms with Gasteiger partial charge in [0.05, 0.1) is 22.2 Å². The van der Waals surface area contributed by atoms with Gasteiger partial charge in [-0.3, -0.25) is 14.3 Å². The lowest BCUT2D eigenvalue weighted by Gasteiger charge is -2.20. The number of rotatable bonds is 15. The zero-order valence-corrected chi connectivity index (χ0v) is 30.4. The molecule has 0 bridgehead atoms. The fourth-order valence-corrected chi connectivity index (χ4v) is 8.18. The van der Waals surface area contributed by atoms with Gasteiger partial charge in [0.1, 0.15) is 11.5 Å². The van der Waals surface area contributed by atoms with Crippen molar-refractivity contribution in [2.75, 3.05) is 23.0 Å². The predicted octanol–water partition coefficient (Wildman–Crippen LogP) is 6.37. The van der Waals surface area contributed by atoms with Crippen molar-refractivity contribution < 1.29 is 23.1 Å². The molecule has 1 fully saturated rings. The highest BCUT2D eigenvalue weighted by molar-refractivity contribution is 7.90. The molecule has 1 aromatic carbocycles. The molecule has 0 aliphatic heterocycles. The number of thiazole rings is 1. The van der Waals surface area contributed by atoms with E-state index in [1.165, 1.54) is 24.2 Å². The van der Waals surface area contributed by atoms with E-state index in [0.29, 0.717) is 52.5 Å². The number of carboxylic acids is 1. The van der Waals surface area contributed by atoms with E-state index in [9.17, 15) is 18.0 Å². The minimum absolute atomic E-state index is 0.0416. The Morgan fingerprint density at radius 2 is 1.78 bits per heavy atom. The van der Waals surface area contributed by atoms with Gasteiger partial charge in [0.25, 0.3) is 5.91 Å². The summed E-state index contributed by atoms with van der Waals surface area (Å²) >= 11 is 1.51. The second-order valence-electron chi connectivity index (χ2n) is 12.9. The van der Waals surface area contributed by atoms with Crippen molar-refractivity contribution in [3.63, 3.8) is 0 Å². The maximum Gasteiger partial charge on any atom is 0.303 e. The van der Waals surface area contributed by atoms with Crippen LogP contribution in [0, 0.1) is 19.8 Å². The van der Waals surface area contributed by atoms with Crippen LogP contribution in [0.1, 0.15) is 73.1 Å². The van der Waals surface area contributed by atoms with Crippen molar-refractivity contribution in [2.45, 2.75) is 71.8 Å². The van der Waals surface area contributed by atoms with Gasteiger partial charge in [0.2, 0.25) is 10.0 Å². The summed E-state index contributed by atoms with van der Waals surface area (Å²) in [6, 6.07) is 13.2. The van der Waals surface area contributed by atoms with Gasteiger partial charge in [0, 0.05) is 36.8 Å². The average molecular weight is 732 g/mol. The van der Waals surface area contributed by atoms with Crippen LogP contribution in [0.5, 0.6) is 0 Å². The Balaban J connectivity index is 1.26. The maximum absolute atomic E-state index is 13.8. The standard InChI is InChI=1S/C35H41N9O5S2/c1-22-19-30(40-41-33(22)39-35-37-27-13-8-9-14-28(27)50-35)43(3)29-17-16-25(26-20-36-44(23(26)2)21-24-11-6-7-12-24)32(38-29)34(47)42-51(48,49)18-10-4-5-15-31(45)46/h8-9,13-14,16-17,19-20,24H,4-7,10-12,15,18,21H2,1-3H3,(H,42,47)(H,45,46)(H,37,39,41). The van der Waals surface area contributed by atoms with Crippen LogP contribution in [0.15, 0.2) is 48.7 Å². The number of carbonyl (C=O) groups excluding carboxylic acids is 1. The van der Waals surface area contributed by atoms with Gasteiger partial charge in [-0.2, -0.15) is 5.10 Å². The molecule has 4 heterocycles. The van der Waals surface area contributed by atoms with Crippen molar-refractivity contribution in [1.82, 2.24) is 34.7 Å². The second-order valence-corrected chi connectivity index (χ2v) is 15.8. The molecule has 16 heteroatoms. The molecule has 4 aromatic heterocycles. The van der Waals surface area contributed by atoms with Crippen LogP contribution in [0.4, 0.5) is 22.6 Å². The van der Waals surface area contributed by atoms with E-state index in [4.69, 9.17) is 10.1 Å². The Kier molecular flexibility index (Phi) is 10.9. The summed E-state index contributed by atoms with van der Waals surface area (Å²) in [7, 11) is -2.29. The summed E-state index contributed by atoms with van der Waals surface area (Å²) in [4.78, 5) is 35.6. The third-order valence-corrected chi connectivity index (χ3v) is 11.4. The molecule has 0 unspecified atom stereocenters. The summed E-state index contributed by atoms with van der Waals surface area (Å²) in [6.45, 7) is 4.62. The third-order valence-electron chi connectivity index (χ3n) is 9.12. The van der Waals surface area contributed by atoms with Gasteiger partial charge in [0.15, 0.2) is 16.8 Å². The molecule has 3 N–H and O–H groups in total. The van der Waals surface area contributed by atoms with E-state index in [-0.39, 0.29) is 24.3 Å². The van der Waals surface area contributed by atoms with Crippen molar-refractivity contribution >= 4 is 66.0 Å². The van der Waals surface area contributed by atoms with Crippen molar-refractivity contribution in [1.29, 1.82) is 0 Å². The number of benzene rings is 1. The predicted molar refractivity (Wildman–Crippen MR) is 197 cm³/mol. The summed E-state index contributed by atoms with van der Waals surface area (Å²) in [6.07, 6.45) is 7.35. The molecule has 1 saturated carbocycles. The lowest BCUT2D eigenvalue weighted by Crippen LogP contribution is -2.33. The number of aromatic nitrogens is 6. The first kappa shape index (κ1) is 35.9. The summed E-state index contributed by atoms with van der Waals surface area (Å²) in [5.41, 5.74) is 3.62. The minimum Gasteiger partial charge on any atom is -0.481 e. The quantitative estimate of drug-likeness (QED) is 0.101. The number of hydrogen-bond donors (Lipinski definition) is 3. The number of amides is 1. The molecule has 0 spiro atoms. The molecule has 6 rings (SSSR count). The summed E-state index contributed by atoms with van der Waals surface area (Å²) in [5, 5.41) is 26.2.